The zero-order chi connectivity index (χ0) is 23.3. The van der Waals surface area contributed by atoms with E-state index < -0.39 is 48.3 Å². The number of carboxylic acid groups (broad SMARTS) is 1. The summed E-state index contributed by atoms with van der Waals surface area (Å²) in [7, 11) is -10.6. The maximum Gasteiger partial charge on any atom is 0.330 e. The third-order valence-electron chi connectivity index (χ3n) is 3.83. The molecule has 0 aliphatic heterocycles. The van der Waals surface area contributed by atoms with Gasteiger partial charge in [0.05, 0.1) is 0 Å². The van der Waals surface area contributed by atoms with Gasteiger partial charge in [0, 0.05) is 5.57 Å². The van der Waals surface area contributed by atoms with E-state index in [1.807, 2.05) is 0 Å². The molecule has 6 nitrogen and oxygen atoms in total. The van der Waals surface area contributed by atoms with Gasteiger partial charge in [0.25, 0.3) is 0 Å². The Kier molecular flexibility index (Phi) is 10.7. The quantitative estimate of drug-likeness (QED) is 0.191. The number of rotatable bonds is 13. The summed E-state index contributed by atoms with van der Waals surface area (Å²) in [5.41, 5.74) is 0.403. The highest BCUT2D eigenvalue weighted by molar-refractivity contribution is 6.90. The van der Waals surface area contributed by atoms with Crippen LogP contribution in [-0.2, 0) is 21.3 Å². The first kappa shape index (κ1) is 29.1. The number of carbonyl (C=O) groups is 1. The van der Waals surface area contributed by atoms with Gasteiger partial charge in [-0.2, -0.15) is 0 Å². The Hall–Kier alpha value is 0.134. The van der Waals surface area contributed by atoms with Crippen LogP contribution in [0.2, 0.25) is 78.1 Å². The van der Waals surface area contributed by atoms with Gasteiger partial charge in [0.2, 0.25) is 0 Å². The van der Waals surface area contributed by atoms with Crippen LogP contribution in [0.15, 0.2) is 11.6 Å². The fourth-order valence-corrected chi connectivity index (χ4v) is 27.4. The molecule has 0 fully saturated rings. The van der Waals surface area contributed by atoms with Gasteiger partial charge in [-0.1, -0.05) is 12.5 Å². The van der Waals surface area contributed by atoms with Gasteiger partial charge in [-0.3, -0.25) is 0 Å². The van der Waals surface area contributed by atoms with Crippen LogP contribution >= 0.6 is 0 Å². The van der Waals surface area contributed by atoms with Crippen LogP contribution in [-0.4, -0.2) is 53.4 Å². The van der Waals surface area contributed by atoms with E-state index in [1.165, 1.54) is 0 Å². The lowest BCUT2D eigenvalue weighted by Crippen LogP contribution is -2.58. The molecule has 0 atom stereocenters. The molecule has 172 valence electrons. The zero-order valence-electron chi connectivity index (χ0n) is 20.7. The Morgan fingerprint density at radius 3 is 1.59 bits per heavy atom. The summed E-state index contributed by atoms with van der Waals surface area (Å²) in [6.45, 7) is 25.2. The summed E-state index contributed by atoms with van der Waals surface area (Å²) in [6, 6.07) is 0.970. The molecule has 0 amide bonds. The maximum absolute atomic E-state index is 10.9. The van der Waals surface area contributed by atoms with Crippen molar-refractivity contribution in [1.82, 2.24) is 0 Å². The molecule has 0 aromatic heterocycles. The monoisotopic (exact) mass is 496 g/mol. The first-order valence-electron chi connectivity index (χ1n) is 10.4. The van der Waals surface area contributed by atoms with Crippen molar-refractivity contribution < 1.29 is 26.4 Å². The van der Waals surface area contributed by atoms with Gasteiger partial charge in [0.1, 0.15) is 0 Å². The molecule has 0 heterocycles. The van der Waals surface area contributed by atoms with Crippen molar-refractivity contribution in [2.75, 3.05) is 0 Å². The molecular weight excluding hydrogens is 453 g/mol. The Bertz CT molecular complexity index is 582. The number of hydrogen-bond acceptors (Lipinski definition) is 5. The molecule has 0 aromatic rings. The molecule has 29 heavy (non-hydrogen) atoms. The summed E-state index contributed by atoms with van der Waals surface area (Å²) in [4.78, 5) is 10.9. The van der Waals surface area contributed by atoms with Crippen LogP contribution in [0, 0.1) is 0 Å². The first-order valence-corrected chi connectivity index (χ1v) is 25.3. The largest absolute Gasteiger partial charge is 0.478 e. The van der Waals surface area contributed by atoms with Gasteiger partial charge < -0.3 is 21.6 Å². The number of carboxylic acids is 1. The predicted molar refractivity (Wildman–Crippen MR) is 133 cm³/mol. The van der Waals surface area contributed by atoms with Gasteiger partial charge in [-0.25, -0.2) is 4.79 Å². The lowest BCUT2D eigenvalue weighted by molar-refractivity contribution is -0.132. The molecule has 0 unspecified atom stereocenters. The first-order chi connectivity index (χ1) is 12.7. The van der Waals surface area contributed by atoms with Crippen molar-refractivity contribution in [1.29, 1.82) is 0 Å². The fourth-order valence-electron chi connectivity index (χ4n) is 3.63. The molecule has 0 aromatic carbocycles. The summed E-state index contributed by atoms with van der Waals surface area (Å²) >= 11 is 0. The molecule has 11 heteroatoms. The lowest BCUT2D eigenvalue weighted by atomic mass is 10.2. The van der Waals surface area contributed by atoms with E-state index in [9.17, 15) is 4.79 Å². The molecule has 0 saturated carbocycles. The normalized spacial score (nSPS) is 15.0. The van der Waals surface area contributed by atoms with Crippen LogP contribution in [0.4, 0.5) is 0 Å². The van der Waals surface area contributed by atoms with E-state index in [2.05, 4.69) is 72.0 Å². The molecule has 0 aliphatic carbocycles. The van der Waals surface area contributed by atoms with E-state index in [1.54, 1.807) is 13.0 Å². The lowest BCUT2D eigenvalue weighted by Gasteiger charge is -2.42. The summed E-state index contributed by atoms with van der Waals surface area (Å²) in [5.74, 6) is -0.850. The second kappa shape index (κ2) is 10.6. The van der Waals surface area contributed by atoms with Crippen LogP contribution in [0.5, 0.6) is 0 Å². The summed E-state index contributed by atoms with van der Waals surface area (Å²) in [6.07, 6.45) is 3.48. The summed E-state index contributed by atoms with van der Waals surface area (Å²) in [5, 5.41) is 8.94. The third kappa shape index (κ3) is 14.7. The average Bonchev–Trinajstić information content (AvgIpc) is 2.35. The highest BCUT2D eigenvalue weighted by Gasteiger charge is 2.44. The number of hydrogen-bond donors (Lipinski definition) is 1. The topological polar surface area (TPSA) is 74.2 Å². The van der Waals surface area contributed by atoms with Crippen LogP contribution in [0.25, 0.3) is 0 Å². The zero-order valence-corrected chi connectivity index (χ0v) is 25.7. The Morgan fingerprint density at radius 1 is 0.759 bits per heavy atom. The van der Waals surface area contributed by atoms with Gasteiger partial charge in [0.15, 0.2) is 16.6 Å². The smallest absolute Gasteiger partial charge is 0.330 e. The third-order valence-corrected chi connectivity index (χ3v) is 21.8. The van der Waals surface area contributed by atoms with Crippen molar-refractivity contribution in [3.8, 4) is 0 Å². The van der Waals surface area contributed by atoms with Crippen molar-refractivity contribution in [2.24, 2.45) is 0 Å². The van der Waals surface area contributed by atoms with E-state index >= 15 is 0 Å². The average molecular weight is 497 g/mol. The van der Waals surface area contributed by atoms with Crippen LogP contribution in [0.1, 0.15) is 19.8 Å². The molecule has 0 bridgehead atoms. The highest BCUT2D eigenvalue weighted by Crippen LogP contribution is 2.27. The number of allylic oxidation sites excluding steroid dienone is 1. The van der Waals surface area contributed by atoms with Crippen LogP contribution < -0.4 is 0 Å². The fraction of sp³-hybridized carbons (Fsp3) is 0.833. The Morgan fingerprint density at radius 2 is 1.17 bits per heavy atom. The van der Waals surface area contributed by atoms with Gasteiger partial charge in [-0.05, 0) is 91.4 Å². The molecule has 0 rings (SSSR count). The van der Waals surface area contributed by atoms with E-state index in [0.29, 0.717) is 5.57 Å². The molecular formula is C18H44O6Si5. The van der Waals surface area contributed by atoms with E-state index in [0.717, 1.165) is 18.9 Å². The molecule has 0 saturated heterocycles. The second-order valence-electron chi connectivity index (χ2n) is 10.6. The molecule has 0 radical (unpaired) electrons. The number of aliphatic carboxylic acids is 1. The van der Waals surface area contributed by atoms with Crippen LogP contribution in [0.3, 0.4) is 0 Å². The second-order valence-corrected chi connectivity index (χ2v) is 30.5. The minimum absolute atomic E-state index is 0.403. The minimum Gasteiger partial charge on any atom is -0.478 e. The van der Waals surface area contributed by atoms with E-state index in [-0.39, 0.29) is 0 Å². The Labute approximate surface area is 184 Å². The van der Waals surface area contributed by atoms with Crippen molar-refractivity contribution in [3.05, 3.63) is 11.6 Å². The van der Waals surface area contributed by atoms with E-state index in [4.69, 9.17) is 21.6 Å². The molecule has 0 spiro atoms. The Balaban J connectivity index is 4.85. The number of unbranched alkanes of at least 4 members (excludes halogenated alkanes) is 1. The minimum atomic E-state index is -2.40. The standard InChI is InChI=1S/C18H44O6Si5/c1-17(18(19)20)15-13-14-16-26(5,6)22-28(9,10)24-29(11,12)23-27(7,8)21-25(2,3)4/h15H,13-14,16H2,1-12H3,(H,19,20). The maximum atomic E-state index is 10.9. The molecule has 1 N–H and O–H groups in total. The van der Waals surface area contributed by atoms with Crippen molar-refractivity contribution >= 4 is 48.3 Å². The highest BCUT2D eigenvalue weighted by atomic mass is 28.5. The SMILES string of the molecule is CC(=CCCC[Si](C)(C)O[Si](C)(C)O[Si](C)(C)O[Si](C)(C)O[Si](C)(C)C)C(=O)O. The molecule has 0 aliphatic rings. The predicted octanol–water partition coefficient (Wildman–Crippen LogP) is 6.01. The summed E-state index contributed by atoms with van der Waals surface area (Å²) < 4.78 is 25.9. The van der Waals surface area contributed by atoms with Gasteiger partial charge in [-0.15, -0.1) is 0 Å². The van der Waals surface area contributed by atoms with Crippen molar-refractivity contribution in [2.45, 2.75) is 97.8 Å². The van der Waals surface area contributed by atoms with Crippen molar-refractivity contribution in [3.63, 3.8) is 0 Å². The van der Waals surface area contributed by atoms with Gasteiger partial charge >= 0.3 is 31.7 Å².